The van der Waals surface area contributed by atoms with Gasteiger partial charge in [0.15, 0.2) is 23.0 Å². The van der Waals surface area contributed by atoms with Gasteiger partial charge in [-0.25, -0.2) is 0 Å². The Kier molecular flexibility index (Phi) is 6.01. The van der Waals surface area contributed by atoms with E-state index in [0.29, 0.717) is 46.1 Å². The number of benzene rings is 2. The lowest BCUT2D eigenvalue weighted by atomic mass is 9.77. The minimum Gasteiger partial charge on any atom is -0.504 e. The highest BCUT2D eigenvalue weighted by atomic mass is 16.5. The molecular formula is C23H30O6. The summed E-state index contributed by atoms with van der Waals surface area (Å²) < 4.78 is 27.9. The number of hydrogen-bond acceptors (Lipinski definition) is 6. The van der Waals surface area contributed by atoms with Crippen LogP contribution >= 0.6 is 0 Å². The van der Waals surface area contributed by atoms with Gasteiger partial charge in [0.2, 0.25) is 11.5 Å². The molecule has 2 aromatic rings. The summed E-state index contributed by atoms with van der Waals surface area (Å²) >= 11 is 0. The van der Waals surface area contributed by atoms with E-state index >= 15 is 0 Å². The highest BCUT2D eigenvalue weighted by Crippen LogP contribution is 2.55. The Morgan fingerprint density at radius 3 is 1.55 bits per heavy atom. The van der Waals surface area contributed by atoms with Crippen molar-refractivity contribution >= 4 is 0 Å². The second-order valence-corrected chi connectivity index (χ2v) is 7.54. The molecule has 0 aliphatic heterocycles. The molecule has 0 saturated heterocycles. The van der Waals surface area contributed by atoms with Crippen LogP contribution in [0.1, 0.15) is 25.0 Å². The normalized spacial score (nSPS) is 18.0. The molecule has 3 rings (SSSR count). The van der Waals surface area contributed by atoms with Crippen LogP contribution < -0.4 is 23.7 Å². The monoisotopic (exact) mass is 402 g/mol. The van der Waals surface area contributed by atoms with Crippen LogP contribution in [0.25, 0.3) is 11.1 Å². The molecule has 0 spiro atoms. The van der Waals surface area contributed by atoms with Crippen molar-refractivity contribution in [1.29, 1.82) is 0 Å². The molecule has 0 amide bonds. The summed E-state index contributed by atoms with van der Waals surface area (Å²) in [6, 6.07) is 3.92. The van der Waals surface area contributed by atoms with E-state index < -0.39 is 0 Å². The average molecular weight is 402 g/mol. The highest BCUT2D eigenvalue weighted by molar-refractivity contribution is 5.88. The van der Waals surface area contributed by atoms with Gasteiger partial charge in [-0.2, -0.15) is 0 Å². The number of hydrogen-bond donors (Lipinski definition) is 1. The molecule has 2 aromatic carbocycles. The van der Waals surface area contributed by atoms with Gasteiger partial charge < -0.3 is 28.8 Å². The van der Waals surface area contributed by atoms with Gasteiger partial charge in [-0.15, -0.1) is 0 Å². The Hall–Kier alpha value is -2.76. The third-order valence-electron chi connectivity index (χ3n) is 5.94. The Balaban J connectivity index is 2.47. The fourth-order valence-corrected chi connectivity index (χ4v) is 4.21. The first kappa shape index (κ1) is 21.0. The van der Waals surface area contributed by atoms with E-state index in [0.717, 1.165) is 29.5 Å². The molecule has 0 heterocycles. The maximum absolute atomic E-state index is 11.2. The molecule has 0 aromatic heterocycles. The van der Waals surface area contributed by atoms with Crippen LogP contribution in [0, 0.1) is 11.8 Å². The van der Waals surface area contributed by atoms with Crippen molar-refractivity contribution in [2.75, 3.05) is 35.5 Å². The molecule has 0 unspecified atom stereocenters. The van der Waals surface area contributed by atoms with Crippen molar-refractivity contribution in [1.82, 2.24) is 0 Å². The topological polar surface area (TPSA) is 66.4 Å². The summed E-state index contributed by atoms with van der Waals surface area (Å²) in [5.41, 5.74) is 3.50. The first-order valence-electron chi connectivity index (χ1n) is 9.70. The van der Waals surface area contributed by atoms with Crippen LogP contribution in [0.4, 0.5) is 0 Å². The second-order valence-electron chi connectivity index (χ2n) is 7.54. The molecule has 6 nitrogen and oxygen atoms in total. The van der Waals surface area contributed by atoms with E-state index in [9.17, 15) is 5.11 Å². The molecule has 29 heavy (non-hydrogen) atoms. The van der Waals surface area contributed by atoms with Crippen LogP contribution in [-0.4, -0.2) is 40.7 Å². The summed E-state index contributed by atoms with van der Waals surface area (Å²) in [5.74, 6) is 3.29. The van der Waals surface area contributed by atoms with Crippen molar-refractivity contribution in [3.05, 3.63) is 23.3 Å². The van der Waals surface area contributed by atoms with Gasteiger partial charge in [-0.3, -0.25) is 0 Å². The molecule has 0 radical (unpaired) electrons. The zero-order chi connectivity index (χ0) is 21.3. The van der Waals surface area contributed by atoms with E-state index in [1.807, 2.05) is 12.1 Å². The van der Waals surface area contributed by atoms with Crippen molar-refractivity contribution in [3.63, 3.8) is 0 Å². The van der Waals surface area contributed by atoms with Gasteiger partial charge in [0.1, 0.15) is 0 Å². The van der Waals surface area contributed by atoms with E-state index in [1.165, 1.54) is 7.11 Å². The Morgan fingerprint density at radius 1 is 0.655 bits per heavy atom. The van der Waals surface area contributed by atoms with E-state index in [4.69, 9.17) is 23.7 Å². The number of methoxy groups -OCH3 is 5. The third kappa shape index (κ3) is 3.41. The van der Waals surface area contributed by atoms with Gasteiger partial charge >= 0.3 is 0 Å². The van der Waals surface area contributed by atoms with Gasteiger partial charge in [-0.1, -0.05) is 13.8 Å². The van der Waals surface area contributed by atoms with Crippen LogP contribution in [0.2, 0.25) is 0 Å². The van der Waals surface area contributed by atoms with Gasteiger partial charge in [0, 0.05) is 11.1 Å². The summed E-state index contributed by atoms with van der Waals surface area (Å²) in [7, 11) is 7.87. The summed E-state index contributed by atoms with van der Waals surface area (Å²) in [5, 5.41) is 11.2. The number of phenols is 1. The summed E-state index contributed by atoms with van der Waals surface area (Å²) in [6.45, 7) is 4.47. The molecule has 1 aliphatic rings. The van der Waals surface area contributed by atoms with Gasteiger partial charge in [-0.05, 0) is 47.9 Å². The molecule has 6 heteroatoms. The standard InChI is InChI=1S/C23H30O6/c1-12-8-14-10-16(25-3)21(27-5)20(24)18(14)19-15(9-13(12)2)11-17(26-4)22(28-6)23(19)29-7/h10-13,24H,8-9H2,1-7H3/t12-,13-/m0/s1. The molecular weight excluding hydrogens is 372 g/mol. The Labute approximate surface area is 172 Å². The summed E-state index contributed by atoms with van der Waals surface area (Å²) in [4.78, 5) is 0. The lowest BCUT2D eigenvalue weighted by Gasteiger charge is -2.30. The number of phenolic OH excluding ortho intramolecular Hbond substituents is 1. The molecule has 0 fully saturated rings. The Morgan fingerprint density at radius 2 is 1.10 bits per heavy atom. The van der Waals surface area contributed by atoms with Crippen molar-refractivity contribution in [2.45, 2.75) is 26.7 Å². The van der Waals surface area contributed by atoms with Crippen molar-refractivity contribution < 1.29 is 28.8 Å². The molecule has 2 atom stereocenters. The van der Waals surface area contributed by atoms with Crippen molar-refractivity contribution in [3.8, 4) is 45.6 Å². The SMILES string of the molecule is COc1cc2c(c(O)c1OC)-c1c(cc(OC)c(OC)c1OC)C[C@H](C)[C@@H](C)C2. The maximum Gasteiger partial charge on any atom is 0.203 e. The fraction of sp³-hybridized carbons (Fsp3) is 0.478. The zero-order valence-electron chi connectivity index (χ0n) is 18.2. The number of fused-ring (bicyclic) bond motifs is 3. The van der Waals surface area contributed by atoms with E-state index in [1.54, 1.807) is 28.4 Å². The van der Waals surface area contributed by atoms with Gasteiger partial charge in [0.05, 0.1) is 35.5 Å². The lowest BCUT2D eigenvalue weighted by molar-refractivity contribution is 0.320. The largest absolute Gasteiger partial charge is 0.504 e. The van der Waals surface area contributed by atoms with Crippen molar-refractivity contribution in [2.24, 2.45) is 11.8 Å². The predicted molar refractivity (Wildman–Crippen MR) is 112 cm³/mol. The van der Waals surface area contributed by atoms with E-state index in [-0.39, 0.29) is 5.75 Å². The molecule has 0 saturated carbocycles. The fourth-order valence-electron chi connectivity index (χ4n) is 4.21. The van der Waals surface area contributed by atoms with Crippen LogP contribution in [-0.2, 0) is 12.8 Å². The number of aromatic hydroxyl groups is 1. The van der Waals surface area contributed by atoms with Crippen LogP contribution in [0.5, 0.6) is 34.5 Å². The zero-order valence-corrected chi connectivity index (χ0v) is 18.2. The number of ether oxygens (including phenoxy) is 5. The maximum atomic E-state index is 11.2. The van der Waals surface area contributed by atoms with Crippen LogP contribution in [0.3, 0.4) is 0 Å². The molecule has 1 N–H and O–H groups in total. The smallest absolute Gasteiger partial charge is 0.203 e. The average Bonchev–Trinajstić information content (AvgIpc) is 2.72. The Bertz CT molecular complexity index is 905. The molecule has 158 valence electrons. The van der Waals surface area contributed by atoms with Crippen LogP contribution in [0.15, 0.2) is 12.1 Å². The minimum absolute atomic E-state index is 0.0374. The van der Waals surface area contributed by atoms with E-state index in [2.05, 4.69) is 13.8 Å². The quantitative estimate of drug-likeness (QED) is 0.796. The summed E-state index contributed by atoms with van der Waals surface area (Å²) in [6.07, 6.45) is 1.61. The first-order chi connectivity index (χ1) is 13.9. The third-order valence-corrected chi connectivity index (χ3v) is 5.94. The number of rotatable bonds is 5. The van der Waals surface area contributed by atoms with Gasteiger partial charge in [0.25, 0.3) is 0 Å². The first-order valence-corrected chi connectivity index (χ1v) is 9.70. The lowest BCUT2D eigenvalue weighted by Crippen LogP contribution is -2.18. The predicted octanol–water partition coefficient (Wildman–Crippen LogP) is 4.47. The molecule has 1 aliphatic carbocycles. The highest BCUT2D eigenvalue weighted by Gasteiger charge is 2.32. The molecule has 0 bridgehead atoms. The minimum atomic E-state index is 0.0374. The second kappa shape index (κ2) is 8.31.